The van der Waals surface area contributed by atoms with E-state index in [4.69, 9.17) is 15.2 Å². The summed E-state index contributed by atoms with van der Waals surface area (Å²) in [4.78, 5) is 15.9. The van der Waals surface area contributed by atoms with Crippen molar-refractivity contribution in [1.82, 2.24) is 4.98 Å². The van der Waals surface area contributed by atoms with Crippen LogP contribution in [0.25, 0.3) is 0 Å². The highest BCUT2D eigenvalue weighted by molar-refractivity contribution is 5.92. The lowest BCUT2D eigenvalue weighted by Gasteiger charge is -2.10. The summed E-state index contributed by atoms with van der Waals surface area (Å²) in [7, 11) is 1.61. The van der Waals surface area contributed by atoms with E-state index in [-0.39, 0.29) is 11.8 Å². The Morgan fingerprint density at radius 3 is 2.45 bits per heavy atom. The number of anilines is 1. The van der Waals surface area contributed by atoms with E-state index < -0.39 is 0 Å². The van der Waals surface area contributed by atoms with Gasteiger partial charge in [-0.05, 0) is 30.3 Å². The molecule has 0 aliphatic carbocycles. The third-order valence-electron chi connectivity index (χ3n) is 3.09. The number of hydrogen-bond acceptors (Lipinski definition) is 5. The van der Waals surface area contributed by atoms with Crippen molar-refractivity contribution in [1.29, 1.82) is 0 Å². The van der Waals surface area contributed by atoms with Crippen LogP contribution in [0.5, 0.6) is 17.4 Å². The fourth-order valence-electron chi connectivity index (χ4n) is 1.65. The number of amides is 1. The highest BCUT2D eigenvalue weighted by Gasteiger charge is 2.11. The summed E-state index contributed by atoms with van der Waals surface area (Å²) in [6, 6.07) is 10.6. The van der Waals surface area contributed by atoms with E-state index in [1.54, 1.807) is 56.6 Å². The minimum absolute atomic E-state index is 0.131. The topological polar surface area (TPSA) is 86.5 Å². The summed E-state index contributed by atoms with van der Waals surface area (Å²) in [6.45, 7) is 2.07. The predicted octanol–water partition coefficient (Wildman–Crippen LogP) is 2.42. The fourth-order valence-corrected chi connectivity index (χ4v) is 1.65. The molecule has 1 unspecified atom stereocenters. The quantitative estimate of drug-likeness (QED) is 0.855. The van der Waals surface area contributed by atoms with Crippen molar-refractivity contribution < 1.29 is 14.3 Å². The molecule has 0 spiro atoms. The molecule has 22 heavy (non-hydrogen) atoms. The Balaban J connectivity index is 1.97. The van der Waals surface area contributed by atoms with Crippen LogP contribution in [0.1, 0.15) is 6.92 Å². The van der Waals surface area contributed by atoms with Crippen LogP contribution in [-0.2, 0) is 4.79 Å². The van der Waals surface area contributed by atoms with E-state index in [1.807, 2.05) is 0 Å². The number of nitrogens with zero attached hydrogens (tertiary/aromatic N) is 1. The van der Waals surface area contributed by atoms with Gasteiger partial charge in [-0.2, -0.15) is 0 Å². The lowest BCUT2D eigenvalue weighted by Crippen LogP contribution is -2.26. The molecule has 0 saturated carbocycles. The van der Waals surface area contributed by atoms with Crippen LogP contribution >= 0.6 is 0 Å². The molecule has 0 radical (unpaired) electrons. The van der Waals surface area contributed by atoms with Gasteiger partial charge in [-0.1, -0.05) is 6.92 Å². The molecule has 6 nitrogen and oxygen atoms in total. The molecule has 0 fully saturated rings. The van der Waals surface area contributed by atoms with Crippen molar-refractivity contribution in [3.8, 4) is 17.4 Å². The first-order chi connectivity index (χ1) is 10.6. The smallest absolute Gasteiger partial charge is 0.228 e. The van der Waals surface area contributed by atoms with Gasteiger partial charge in [-0.3, -0.25) is 4.79 Å². The summed E-state index contributed by atoms with van der Waals surface area (Å²) >= 11 is 0. The van der Waals surface area contributed by atoms with Crippen LogP contribution in [0.2, 0.25) is 0 Å². The highest BCUT2D eigenvalue weighted by atomic mass is 16.5. The number of ether oxygens (including phenoxy) is 2. The Kier molecular flexibility index (Phi) is 5.32. The van der Waals surface area contributed by atoms with Crippen molar-refractivity contribution in [3.05, 3.63) is 42.6 Å². The second-order valence-electron chi connectivity index (χ2n) is 4.79. The monoisotopic (exact) mass is 301 g/mol. The van der Waals surface area contributed by atoms with E-state index in [0.717, 1.165) is 5.75 Å². The first-order valence-corrected chi connectivity index (χ1v) is 6.91. The van der Waals surface area contributed by atoms with Crippen molar-refractivity contribution in [2.75, 3.05) is 19.0 Å². The number of methoxy groups -OCH3 is 1. The molecule has 1 heterocycles. The third-order valence-corrected chi connectivity index (χ3v) is 3.09. The SMILES string of the molecule is COc1ccc(Oc2ccc(NC(=O)C(C)CN)cn2)cc1. The van der Waals surface area contributed by atoms with Crippen molar-refractivity contribution in [3.63, 3.8) is 0 Å². The lowest BCUT2D eigenvalue weighted by atomic mass is 10.1. The van der Waals surface area contributed by atoms with E-state index in [0.29, 0.717) is 23.9 Å². The van der Waals surface area contributed by atoms with Crippen LogP contribution < -0.4 is 20.5 Å². The maximum atomic E-state index is 11.7. The fraction of sp³-hybridized carbons (Fsp3) is 0.250. The van der Waals surface area contributed by atoms with Crippen LogP contribution in [0.15, 0.2) is 42.6 Å². The third kappa shape index (κ3) is 4.20. The van der Waals surface area contributed by atoms with E-state index in [9.17, 15) is 4.79 Å². The number of carbonyl (C=O) groups is 1. The van der Waals surface area contributed by atoms with Crippen molar-refractivity contribution in [2.24, 2.45) is 11.7 Å². The number of nitrogens with two attached hydrogens (primary N) is 1. The van der Waals surface area contributed by atoms with Gasteiger partial charge in [-0.25, -0.2) is 4.98 Å². The van der Waals surface area contributed by atoms with Crippen molar-refractivity contribution >= 4 is 11.6 Å². The van der Waals surface area contributed by atoms with E-state index >= 15 is 0 Å². The van der Waals surface area contributed by atoms with Crippen LogP contribution in [0.3, 0.4) is 0 Å². The Morgan fingerprint density at radius 1 is 1.23 bits per heavy atom. The van der Waals surface area contributed by atoms with Gasteiger partial charge in [0.25, 0.3) is 0 Å². The zero-order valence-electron chi connectivity index (χ0n) is 12.6. The minimum atomic E-state index is -0.241. The molecular weight excluding hydrogens is 282 g/mol. The van der Waals surface area contributed by atoms with Gasteiger partial charge >= 0.3 is 0 Å². The zero-order valence-corrected chi connectivity index (χ0v) is 12.6. The summed E-state index contributed by atoms with van der Waals surface area (Å²) in [5.41, 5.74) is 6.06. The van der Waals surface area contributed by atoms with Crippen molar-refractivity contribution in [2.45, 2.75) is 6.92 Å². The Morgan fingerprint density at radius 2 is 1.91 bits per heavy atom. The predicted molar refractivity (Wildman–Crippen MR) is 84.2 cm³/mol. The van der Waals surface area contributed by atoms with Crippen LogP contribution in [-0.4, -0.2) is 24.5 Å². The van der Waals surface area contributed by atoms with Crippen LogP contribution in [0, 0.1) is 5.92 Å². The standard InChI is InChI=1S/C16H19N3O3/c1-11(9-17)16(20)19-12-3-8-15(18-10-12)22-14-6-4-13(21-2)5-7-14/h3-8,10-11H,9,17H2,1-2H3,(H,19,20). The van der Waals surface area contributed by atoms with Gasteiger partial charge in [-0.15, -0.1) is 0 Å². The summed E-state index contributed by atoms with van der Waals surface area (Å²) in [5, 5.41) is 2.75. The van der Waals surface area contributed by atoms with Crippen LogP contribution in [0.4, 0.5) is 5.69 Å². The number of aromatic nitrogens is 1. The molecule has 3 N–H and O–H groups in total. The van der Waals surface area contributed by atoms with Gasteiger partial charge in [0.2, 0.25) is 11.8 Å². The molecule has 2 aromatic rings. The van der Waals surface area contributed by atoms with Gasteiger partial charge in [0.1, 0.15) is 11.5 Å². The number of benzene rings is 1. The molecule has 1 amide bonds. The summed E-state index contributed by atoms with van der Waals surface area (Å²) in [6.07, 6.45) is 1.54. The molecule has 0 aliphatic rings. The minimum Gasteiger partial charge on any atom is -0.497 e. The first kappa shape index (κ1) is 15.8. The Hall–Kier alpha value is -2.60. The molecule has 1 aromatic heterocycles. The summed E-state index contributed by atoms with van der Waals surface area (Å²) < 4.78 is 10.7. The van der Waals surface area contributed by atoms with Gasteiger partial charge < -0.3 is 20.5 Å². The molecule has 0 bridgehead atoms. The second kappa shape index (κ2) is 7.42. The number of carbonyl (C=O) groups excluding carboxylic acids is 1. The molecule has 1 atom stereocenters. The Labute approximate surface area is 129 Å². The molecule has 2 rings (SSSR count). The normalized spacial score (nSPS) is 11.6. The van der Waals surface area contributed by atoms with E-state index in [1.165, 1.54) is 0 Å². The van der Waals surface area contributed by atoms with E-state index in [2.05, 4.69) is 10.3 Å². The summed E-state index contributed by atoms with van der Waals surface area (Å²) in [5.74, 6) is 1.48. The van der Waals surface area contributed by atoms with Gasteiger partial charge in [0, 0.05) is 18.5 Å². The average Bonchev–Trinajstić information content (AvgIpc) is 2.56. The molecule has 0 saturated heterocycles. The maximum Gasteiger partial charge on any atom is 0.228 e. The zero-order chi connectivity index (χ0) is 15.9. The maximum absolute atomic E-state index is 11.7. The lowest BCUT2D eigenvalue weighted by molar-refractivity contribution is -0.119. The molecule has 116 valence electrons. The first-order valence-electron chi connectivity index (χ1n) is 6.91. The number of rotatable bonds is 6. The molecule has 0 aliphatic heterocycles. The van der Waals surface area contributed by atoms with Gasteiger partial charge in [0.15, 0.2) is 0 Å². The van der Waals surface area contributed by atoms with Gasteiger partial charge in [0.05, 0.1) is 19.0 Å². The molecular formula is C16H19N3O3. The highest BCUT2D eigenvalue weighted by Crippen LogP contribution is 2.23. The molecule has 6 heteroatoms. The average molecular weight is 301 g/mol. The largest absolute Gasteiger partial charge is 0.497 e. The molecule has 1 aromatic carbocycles. The second-order valence-corrected chi connectivity index (χ2v) is 4.79. The number of nitrogens with one attached hydrogen (secondary N) is 1. The number of pyridine rings is 1. The Bertz CT molecular complexity index is 612. The number of hydrogen-bond donors (Lipinski definition) is 2.